The summed E-state index contributed by atoms with van der Waals surface area (Å²) >= 11 is 0. The third-order valence-electron chi connectivity index (χ3n) is 5.05. The predicted octanol–water partition coefficient (Wildman–Crippen LogP) is 1.16. The number of benzene rings is 2. The third kappa shape index (κ3) is 4.22. The van der Waals surface area contributed by atoms with E-state index in [2.05, 4.69) is 53.9 Å². The molecule has 28 heavy (non-hydrogen) atoms. The minimum Gasteiger partial charge on any atom is -0.406 e. The first-order valence-corrected chi connectivity index (χ1v) is 12.6. The minimum atomic E-state index is -3.87. The summed E-state index contributed by atoms with van der Waals surface area (Å²) in [4.78, 5) is 0. The lowest BCUT2D eigenvalue weighted by Gasteiger charge is -2.44. The molecule has 3 rings (SSSR count). The highest BCUT2D eigenvalue weighted by atomic mass is 32.2. The molecular formula is C20H27NO5SSi. The van der Waals surface area contributed by atoms with Gasteiger partial charge in [-0.25, -0.2) is 0 Å². The van der Waals surface area contributed by atoms with Gasteiger partial charge in [0.1, 0.15) is 0 Å². The van der Waals surface area contributed by atoms with Gasteiger partial charge in [-0.2, -0.15) is 13.1 Å². The number of aliphatic hydroxyl groups is 1. The summed E-state index contributed by atoms with van der Waals surface area (Å²) < 4.78 is 37.2. The SMILES string of the molecule is CC(C)(C)[Si](OC[C@H]1NS(=O)(=O)OC[C@@H]1O)(c1ccccc1)c1ccccc1. The summed E-state index contributed by atoms with van der Waals surface area (Å²) in [6.07, 6.45) is -0.971. The second-order valence-electron chi connectivity index (χ2n) is 8.00. The van der Waals surface area contributed by atoms with Crippen molar-refractivity contribution in [1.29, 1.82) is 0 Å². The first-order valence-electron chi connectivity index (χ1n) is 9.25. The van der Waals surface area contributed by atoms with Gasteiger partial charge in [0.25, 0.3) is 8.32 Å². The maximum Gasteiger partial charge on any atom is 0.336 e. The minimum absolute atomic E-state index is 0.0526. The Labute approximate surface area is 167 Å². The van der Waals surface area contributed by atoms with E-state index in [-0.39, 0.29) is 18.3 Å². The Bertz CT molecular complexity index is 844. The monoisotopic (exact) mass is 421 g/mol. The fourth-order valence-corrected chi connectivity index (χ4v) is 9.26. The highest BCUT2D eigenvalue weighted by Gasteiger charge is 2.51. The van der Waals surface area contributed by atoms with Crippen LogP contribution in [0, 0.1) is 0 Å². The van der Waals surface area contributed by atoms with Crippen molar-refractivity contribution in [2.45, 2.75) is 38.0 Å². The molecule has 2 aromatic carbocycles. The normalized spacial score (nSPS) is 22.7. The lowest BCUT2D eigenvalue weighted by molar-refractivity contribution is 0.0440. The van der Waals surface area contributed by atoms with Gasteiger partial charge in [0.15, 0.2) is 0 Å². The van der Waals surface area contributed by atoms with E-state index >= 15 is 0 Å². The molecule has 1 saturated heterocycles. The molecule has 0 unspecified atom stereocenters. The largest absolute Gasteiger partial charge is 0.406 e. The van der Waals surface area contributed by atoms with Crippen molar-refractivity contribution in [3.05, 3.63) is 60.7 Å². The smallest absolute Gasteiger partial charge is 0.336 e. The van der Waals surface area contributed by atoms with Gasteiger partial charge in [-0.15, -0.1) is 0 Å². The number of rotatable bonds is 5. The Morgan fingerprint density at radius 2 is 1.57 bits per heavy atom. The van der Waals surface area contributed by atoms with Crippen LogP contribution in [0.4, 0.5) is 0 Å². The summed E-state index contributed by atoms with van der Waals surface area (Å²) in [5.41, 5.74) is 0. The van der Waals surface area contributed by atoms with E-state index in [1.165, 1.54) is 0 Å². The van der Waals surface area contributed by atoms with Crippen molar-refractivity contribution in [3.8, 4) is 0 Å². The average Bonchev–Trinajstić information content (AvgIpc) is 2.65. The van der Waals surface area contributed by atoms with E-state index in [0.29, 0.717) is 0 Å². The quantitative estimate of drug-likeness (QED) is 0.708. The zero-order valence-corrected chi connectivity index (χ0v) is 18.1. The van der Waals surface area contributed by atoms with Gasteiger partial charge in [-0.1, -0.05) is 81.4 Å². The zero-order valence-electron chi connectivity index (χ0n) is 16.3. The first kappa shape index (κ1) is 21.2. The van der Waals surface area contributed by atoms with E-state index in [1.54, 1.807) is 0 Å². The van der Waals surface area contributed by atoms with Crippen LogP contribution in [0.5, 0.6) is 0 Å². The van der Waals surface area contributed by atoms with Crippen molar-refractivity contribution in [2.75, 3.05) is 13.2 Å². The van der Waals surface area contributed by atoms with Crippen molar-refractivity contribution in [3.63, 3.8) is 0 Å². The maximum atomic E-state index is 11.8. The zero-order chi connectivity index (χ0) is 20.4. The van der Waals surface area contributed by atoms with Crippen LogP contribution in [0.1, 0.15) is 20.8 Å². The topological polar surface area (TPSA) is 84.9 Å². The molecule has 1 aliphatic heterocycles. The molecule has 8 heteroatoms. The molecule has 1 fully saturated rings. The number of nitrogens with one attached hydrogen (secondary N) is 1. The van der Waals surface area contributed by atoms with Crippen molar-refractivity contribution >= 4 is 29.0 Å². The van der Waals surface area contributed by atoms with Crippen LogP contribution in [-0.2, 0) is 18.9 Å². The summed E-state index contributed by atoms with van der Waals surface area (Å²) in [5.74, 6) is 0. The van der Waals surface area contributed by atoms with E-state index in [1.807, 2.05) is 36.4 Å². The lowest BCUT2D eigenvalue weighted by atomic mass is 10.2. The molecule has 2 N–H and O–H groups in total. The van der Waals surface area contributed by atoms with Gasteiger partial charge in [0.05, 0.1) is 25.4 Å². The van der Waals surface area contributed by atoms with Crippen LogP contribution >= 0.6 is 0 Å². The molecule has 2 aromatic rings. The molecule has 1 aliphatic rings. The summed E-state index contributed by atoms with van der Waals surface area (Å²) in [6.45, 7) is 6.21. The van der Waals surface area contributed by atoms with Crippen LogP contribution < -0.4 is 15.1 Å². The van der Waals surface area contributed by atoms with Gasteiger partial charge in [-0.05, 0) is 15.4 Å². The maximum absolute atomic E-state index is 11.8. The molecule has 0 radical (unpaired) electrons. The highest BCUT2D eigenvalue weighted by Crippen LogP contribution is 2.37. The Morgan fingerprint density at radius 1 is 1.07 bits per heavy atom. The standard InChI is InChI=1S/C20H27NO5SSi/c1-20(2,3)28(16-10-6-4-7-11-16,17-12-8-5-9-13-17)26-14-18-19(22)15-25-27(23,24)21-18/h4-13,18-19,21-22H,14-15H2,1-3H3/t18-,19+/m1/s1. The van der Waals surface area contributed by atoms with E-state index in [9.17, 15) is 13.5 Å². The van der Waals surface area contributed by atoms with Crippen molar-refractivity contribution < 1.29 is 22.1 Å². The van der Waals surface area contributed by atoms with Gasteiger partial charge in [0.2, 0.25) is 0 Å². The molecule has 1 heterocycles. The second kappa shape index (κ2) is 8.06. The number of hydrogen-bond acceptors (Lipinski definition) is 5. The number of hydrogen-bond donors (Lipinski definition) is 2. The van der Waals surface area contributed by atoms with E-state index < -0.39 is 30.8 Å². The highest BCUT2D eigenvalue weighted by molar-refractivity contribution is 7.84. The molecule has 0 saturated carbocycles. The van der Waals surface area contributed by atoms with Crippen LogP contribution in [0.25, 0.3) is 0 Å². The fraction of sp³-hybridized carbons (Fsp3) is 0.400. The fourth-order valence-electron chi connectivity index (χ4n) is 3.69. The Kier molecular flexibility index (Phi) is 6.09. The van der Waals surface area contributed by atoms with Crippen molar-refractivity contribution in [1.82, 2.24) is 4.72 Å². The van der Waals surface area contributed by atoms with E-state index in [0.717, 1.165) is 10.4 Å². The molecule has 0 bridgehead atoms. The average molecular weight is 422 g/mol. The molecular weight excluding hydrogens is 394 g/mol. The summed E-state index contributed by atoms with van der Waals surface area (Å²) in [7, 11) is -6.67. The first-order chi connectivity index (χ1) is 13.2. The molecule has 0 aliphatic carbocycles. The van der Waals surface area contributed by atoms with Gasteiger partial charge < -0.3 is 9.53 Å². The molecule has 152 valence electrons. The molecule has 0 aromatic heterocycles. The molecule has 6 nitrogen and oxygen atoms in total. The van der Waals surface area contributed by atoms with Gasteiger partial charge in [0, 0.05) is 0 Å². The third-order valence-corrected chi connectivity index (χ3v) is 11.1. The Morgan fingerprint density at radius 3 is 2.04 bits per heavy atom. The molecule has 0 amide bonds. The Hall–Kier alpha value is -1.55. The number of aliphatic hydroxyl groups excluding tert-OH is 1. The van der Waals surface area contributed by atoms with Crippen LogP contribution in [-0.4, -0.2) is 47.2 Å². The lowest BCUT2D eigenvalue weighted by Crippen LogP contribution is -2.68. The van der Waals surface area contributed by atoms with Crippen molar-refractivity contribution in [2.24, 2.45) is 0 Å². The van der Waals surface area contributed by atoms with Crippen LogP contribution in [0.2, 0.25) is 5.04 Å². The Balaban J connectivity index is 2.04. The van der Waals surface area contributed by atoms with Gasteiger partial charge >= 0.3 is 10.3 Å². The molecule has 0 spiro atoms. The van der Waals surface area contributed by atoms with Crippen LogP contribution in [0.15, 0.2) is 60.7 Å². The molecule has 2 atom stereocenters. The second-order valence-corrected chi connectivity index (χ2v) is 13.7. The summed E-state index contributed by atoms with van der Waals surface area (Å²) in [5, 5.41) is 12.2. The van der Waals surface area contributed by atoms with Crippen LogP contribution in [0.3, 0.4) is 0 Å². The van der Waals surface area contributed by atoms with Gasteiger partial charge in [-0.3, -0.25) is 4.18 Å². The summed E-state index contributed by atoms with van der Waals surface area (Å²) in [6, 6.07) is 19.4. The predicted molar refractivity (Wildman–Crippen MR) is 111 cm³/mol. The van der Waals surface area contributed by atoms with E-state index in [4.69, 9.17) is 4.43 Å².